The van der Waals surface area contributed by atoms with Crippen LogP contribution in [0.3, 0.4) is 0 Å². The molecule has 3 heteroatoms. The molecule has 0 aliphatic heterocycles. The van der Waals surface area contributed by atoms with Gasteiger partial charge in [0.15, 0.2) is 0 Å². The maximum Gasteiger partial charge on any atom is 0.416 e. The molecule has 2 unspecified atom stereocenters. The van der Waals surface area contributed by atoms with Gasteiger partial charge in [0.2, 0.25) is 0 Å². The molecule has 1 saturated carbocycles. The van der Waals surface area contributed by atoms with E-state index in [1.807, 2.05) is 0 Å². The van der Waals surface area contributed by atoms with Crippen molar-refractivity contribution >= 4 is 0 Å². The van der Waals surface area contributed by atoms with Crippen LogP contribution in [-0.4, -0.2) is 0 Å². The second kappa shape index (κ2) is 3.01. The van der Waals surface area contributed by atoms with Gasteiger partial charge in [-0.3, -0.25) is 0 Å². The van der Waals surface area contributed by atoms with Crippen LogP contribution in [0.2, 0.25) is 0 Å². The normalized spacial score (nSPS) is 26.3. The van der Waals surface area contributed by atoms with Crippen molar-refractivity contribution in [3.63, 3.8) is 0 Å². The Morgan fingerprint density at radius 3 is 2.43 bits per heavy atom. The molecule has 0 aromatic heterocycles. The zero-order chi connectivity index (χ0) is 10.3. The Kier molecular flexibility index (Phi) is 2.05. The number of benzene rings is 1. The first-order valence-corrected chi connectivity index (χ1v) is 4.65. The van der Waals surface area contributed by atoms with Gasteiger partial charge in [0, 0.05) is 0 Å². The molecular weight excluding hydrogens is 189 g/mol. The van der Waals surface area contributed by atoms with Gasteiger partial charge in [0.05, 0.1) is 5.56 Å². The first-order chi connectivity index (χ1) is 6.48. The second-order valence-electron chi connectivity index (χ2n) is 3.94. The van der Waals surface area contributed by atoms with Crippen LogP contribution in [0.1, 0.15) is 30.4 Å². The first-order valence-electron chi connectivity index (χ1n) is 4.65. The summed E-state index contributed by atoms with van der Waals surface area (Å²) in [7, 11) is 0. The van der Waals surface area contributed by atoms with E-state index in [4.69, 9.17) is 0 Å². The summed E-state index contributed by atoms with van der Waals surface area (Å²) in [6, 6.07) is 5.66. The Balaban J connectivity index is 2.28. The van der Waals surface area contributed by atoms with Crippen molar-refractivity contribution in [1.82, 2.24) is 0 Å². The minimum absolute atomic E-state index is 0.345. The minimum atomic E-state index is -4.21. The summed E-state index contributed by atoms with van der Waals surface area (Å²) < 4.78 is 37.0. The third-order valence-corrected chi connectivity index (χ3v) is 2.75. The lowest BCUT2D eigenvalue weighted by Crippen LogP contribution is -2.04. The maximum absolute atomic E-state index is 12.3. The quantitative estimate of drug-likeness (QED) is 0.646. The zero-order valence-electron chi connectivity index (χ0n) is 7.81. The SMILES string of the molecule is CC1CC1c1cccc(C(F)(F)F)c1. The van der Waals surface area contributed by atoms with Gasteiger partial charge in [-0.2, -0.15) is 13.2 Å². The van der Waals surface area contributed by atoms with Crippen molar-refractivity contribution in [3.05, 3.63) is 35.4 Å². The van der Waals surface area contributed by atoms with Crippen LogP contribution in [0.15, 0.2) is 24.3 Å². The summed E-state index contributed by atoms with van der Waals surface area (Å²) in [5, 5.41) is 0. The standard InChI is InChI=1S/C11H11F3/c1-7-5-10(7)8-3-2-4-9(6-8)11(12,13)14/h2-4,6-7,10H,5H2,1H3. The van der Waals surface area contributed by atoms with E-state index in [0.29, 0.717) is 11.8 Å². The van der Waals surface area contributed by atoms with Crippen molar-refractivity contribution in [3.8, 4) is 0 Å². The molecule has 0 saturated heterocycles. The van der Waals surface area contributed by atoms with Crippen LogP contribution in [0.25, 0.3) is 0 Å². The first kappa shape index (κ1) is 9.56. The topological polar surface area (TPSA) is 0 Å². The van der Waals surface area contributed by atoms with Crippen molar-refractivity contribution < 1.29 is 13.2 Å². The van der Waals surface area contributed by atoms with E-state index in [9.17, 15) is 13.2 Å². The van der Waals surface area contributed by atoms with E-state index >= 15 is 0 Å². The van der Waals surface area contributed by atoms with Crippen molar-refractivity contribution in [2.24, 2.45) is 5.92 Å². The molecule has 1 aliphatic carbocycles. The highest BCUT2D eigenvalue weighted by atomic mass is 19.4. The van der Waals surface area contributed by atoms with Crippen molar-refractivity contribution in [2.75, 3.05) is 0 Å². The molecule has 2 atom stereocenters. The van der Waals surface area contributed by atoms with Crippen molar-refractivity contribution in [1.29, 1.82) is 0 Å². The Morgan fingerprint density at radius 2 is 1.93 bits per heavy atom. The average molecular weight is 200 g/mol. The predicted octanol–water partition coefficient (Wildman–Crippen LogP) is 3.83. The van der Waals surface area contributed by atoms with E-state index < -0.39 is 11.7 Å². The summed E-state index contributed by atoms with van der Waals surface area (Å²) in [6.45, 7) is 2.06. The predicted molar refractivity (Wildman–Crippen MR) is 48.0 cm³/mol. The summed E-state index contributed by atoms with van der Waals surface area (Å²) >= 11 is 0. The molecule has 1 aromatic carbocycles. The van der Waals surface area contributed by atoms with E-state index in [1.165, 1.54) is 12.1 Å². The van der Waals surface area contributed by atoms with E-state index in [1.54, 1.807) is 6.07 Å². The molecule has 1 aromatic rings. The van der Waals surface area contributed by atoms with Crippen LogP contribution in [0.5, 0.6) is 0 Å². The number of alkyl halides is 3. The molecule has 76 valence electrons. The molecule has 1 fully saturated rings. The van der Waals surface area contributed by atoms with Gasteiger partial charge in [-0.25, -0.2) is 0 Å². The fraction of sp³-hybridized carbons (Fsp3) is 0.455. The van der Waals surface area contributed by atoms with Crippen molar-refractivity contribution in [2.45, 2.75) is 25.4 Å². The summed E-state index contributed by atoms with van der Waals surface area (Å²) in [4.78, 5) is 0. The lowest BCUT2D eigenvalue weighted by molar-refractivity contribution is -0.137. The maximum atomic E-state index is 12.3. The molecule has 0 heterocycles. The number of hydrogen-bond donors (Lipinski definition) is 0. The lowest BCUT2D eigenvalue weighted by Gasteiger charge is -2.07. The summed E-state index contributed by atoms with van der Waals surface area (Å²) in [6.07, 6.45) is -3.20. The monoisotopic (exact) mass is 200 g/mol. The molecule has 1 aliphatic rings. The van der Waals surface area contributed by atoms with Crippen LogP contribution < -0.4 is 0 Å². The molecule has 2 rings (SSSR count). The van der Waals surface area contributed by atoms with E-state index in [2.05, 4.69) is 6.92 Å². The van der Waals surface area contributed by atoms with Crippen LogP contribution >= 0.6 is 0 Å². The smallest absolute Gasteiger partial charge is 0.166 e. The van der Waals surface area contributed by atoms with E-state index in [0.717, 1.165) is 18.1 Å². The zero-order valence-corrected chi connectivity index (χ0v) is 7.81. The molecule has 0 spiro atoms. The summed E-state index contributed by atoms with van der Waals surface area (Å²) in [5.74, 6) is 0.885. The van der Waals surface area contributed by atoms with Gasteiger partial charge in [0.25, 0.3) is 0 Å². The molecule has 0 radical (unpaired) electrons. The Labute approximate surface area is 80.7 Å². The third-order valence-electron chi connectivity index (χ3n) is 2.75. The van der Waals surface area contributed by atoms with Gasteiger partial charge in [-0.1, -0.05) is 25.1 Å². The third kappa shape index (κ3) is 1.76. The molecule has 0 N–H and O–H groups in total. The van der Waals surface area contributed by atoms with Gasteiger partial charge in [-0.15, -0.1) is 0 Å². The fourth-order valence-corrected chi connectivity index (χ4v) is 1.73. The summed E-state index contributed by atoms with van der Waals surface area (Å²) in [5.41, 5.74) is 0.293. The molecule has 14 heavy (non-hydrogen) atoms. The molecule has 0 nitrogen and oxygen atoms in total. The second-order valence-corrected chi connectivity index (χ2v) is 3.94. The van der Waals surface area contributed by atoms with Gasteiger partial charge < -0.3 is 0 Å². The Hall–Kier alpha value is -0.990. The number of rotatable bonds is 1. The number of halogens is 3. The minimum Gasteiger partial charge on any atom is -0.166 e. The van der Waals surface area contributed by atoms with Crippen LogP contribution in [-0.2, 0) is 6.18 Å². The fourth-order valence-electron chi connectivity index (χ4n) is 1.73. The Bertz CT molecular complexity index is 341. The number of hydrogen-bond acceptors (Lipinski definition) is 0. The van der Waals surface area contributed by atoms with Gasteiger partial charge >= 0.3 is 6.18 Å². The highest BCUT2D eigenvalue weighted by Gasteiger charge is 2.36. The largest absolute Gasteiger partial charge is 0.416 e. The van der Waals surface area contributed by atoms with Gasteiger partial charge in [0.1, 0.15) is 0 Å². The highest BCUT2D eigenvalue weighted by Crippen LogP contribution is 2.47. The molecule has 0 bridgehead atoms. The van der Waals surface area contributed by atoms with Crippen LogP contribution in [0.4, 0.5) is 13.2 Å². The Morgan fingerprint density at radius 1 is 1.29 bits per heavy atom. The van der Waals surface area contributed by atoms with Gasteiger partial charge in [-0.05, 0) is 29.9 Å². The molecule has 0 amide bonds. The highest BCUT2D eigenvalue weighted by molar-refractivity contribution is 5.31. The van der Waals surface area contributed by atoms with Crippen LogP contribution in [0, 0.1) is 5.92 Å². The lowest BCUT2D eigenvalue weighted by atomic mass is 10.1. The average Bonchev–Trinajstić information content (AvgIpc) is 2.82. The van der Waals surface area contributed by atoms with E-state index in [-0.39, 0.29) is 0 Å². The molecular formula is C11H11F3.